The third kappa shape index (κ3) is 2.13. The van der Waals surface area contributed by atoms with Crippen LogP contribution < -0.4 is 0 Å². The van der Waals surface area contributed by atoms with Crippen LogP contribution in [0.3, 0.4) is 0 Å². The molecule has 1 nitrogen and oxygen atoms in total. The van der Waals surface area contributed by atoms with Crippen LogP contribution in [0.25, 0.3) is 0 Å². The zero-order chi connectivity index (χ0) is 7.40. The van der Waals surface area contributed by atoms with Crippen LogP contribution in [0.15, 0.2) is 4.99 Å². The van der Waals surface area contributed by atoms with Crippen molar-refractivity contribution < 1.29 is 0 Å². The van der Waals surface area contributed by atoms with Gasteiger partial charge in [0.2, 0.25) is 0 Å². The summed E-state index contributed by atoms with van der Waals surface area (Å²) >= 11 is 0. The van der Waals surface area contributed by atoms with Crippen molar-refractivity contribution in [3.8, 4) is 0 Å². The van der Waals surface area contributed by atoms with E-state index in [1.165, 1.54) is 37.8 Å². The fraction of sp³-hybridized carbons (Fsp3) is 0.889. The molecule has 0 heterocycles. The normalized spacial score (nSPS) is 21.2. The molecule has 0 amide bonds. The maximum Gasteiger partial charge on any atom is 0.0468 e. The summed E-state index contributed by atoms with van der Waals surface area (Å²) in [5, 5.41) is 0. The second-order valence-electron chi connectivity index (χ2n) is 3.16. The molecular formula is C9H17N. The Balaban J connectivity index is 2.37. The van der Waals surface area contributed by atoms with E-state index in [1.54, 1.807) is 0 Å². The van der Waals surface area contributed by atoms with Gasteiger partial charge < -0.3 is 0 Å². The number of aliphatic imine (C=N–C) groups is 1. The number of hydrogen-bond acceptors (Lipinski definition) is 1. The van der Waals surface area contributed by atoms with E-state index >= 15 is 0 Å². The van der Waals surface area contributed by atoms with Crippen LogP contribution in [0.5, 0.6) is 0 Å². The van der Waals surface area contributed by atoms with Crippen molar-refractivity contribution in [2.24, 2.45) is 4.99 Å². The van der Waals surface area contributed by atoms with Gasteiger partial charge >= 0.3 is 0 Å². The summed E-state index contributed by atoms with van der Waals surface area (Å²) in [6.45, 7) is 4.40. The standard InChI is InChI=1S/C9H17N/c1-3-8(2)10-9-6-4-5-7-9/h8H,3-7H2,1-2H3. The molecule has 1 atom stereocenters. The van der Waals surface area contributed by atoms with Gasteiger partial charge in [-0.3, -0.25) is 4.99 Å². The summed E-state index contributed by atoms with van der Waals surface area (Å²) in [5.41, 5.74) is 1.47. The van der Waals surface area contributed by atoms with E-state index in [4.69, 9.17) is 0 Å². The van der Waals surface area contributed by atoms with Crippen molar-refractivity contribution in [1.29, 1.82) is 0 Å². The number of hydrogen-bond donors (Lipinski definition) is 0. The minimum Gasteiger partial charge on any atom is -0.291 e. The van der Waals surface area contributed by atoms with Crippen molar-refractivity contribution in [3.05, 3.63) is 0 Å². The van der Waals surface area contributed by atoms with Crippen LogP contribution in [0.2, 0.25) is 0 Å². The Morgan fingerprint density at radius 1 is 1.40 bits per heavy atom. The molecule has 0 aromatic rings. The first-order chi connectivity index (χ1) is 4.83. The lowest BCUT2D eigenvalue weighted by atomic mass is 10.2. The lowest BCUT2D eigenvalue weighted by Gasteiger charge is -2.02. The average Bonchev–Trinajstić information content (AvgIpc) is 2.40. The van der Waals surface area contributed by atoms with Gasteiger partial charge in [-0.05, 0) is 39.0 Å². The molecule has 1 aliphatic carbocycles. The third-order valence-electron chi connectivity index (χ3n) is 2.17. The molecule has 1 fully saturated rings. The Morgan fingerprint density at radius 3 is 2.50 bits per heavy atom. The van der Waals surface area contributed by atoms with Crippen LogP contribution in [0.4, 0.5) is 0 Å². The molecule has 0 radical (unpaired) electrons. The first-order valence-electron chi connectivity index (χ1n) is 4.38. The van der Waals surface area contributed by atoms with E-state index in [1.807, 2.05) is 0 Å². The maximum absolute atomic E-state index is 4.61. The Morgan fingerprint density at radius 2 is 2.00 bits per heavy atom. The van der Waals surface area contributed by atoms with Crippen molar-refractivity contribution in [3.63, 3.8) is 0 Å². The molecule has 1 aliphatic rings. The Kier molecular flexibility index (Phi) is 2.91. The van der Waals surface area contributed by atoms with Crippen LogP contribution in [-0.2, 0) is 0 Å². The summed E-state index contributed by atoms with van der Waals surface area (Å²) in [6.07, 6.45) is 6.46. The lowest BCUT2D eigenvalue weighted by Crippen LogP contribution is -2.00. The predicted octanol–water partition coefficient (Wildman–Crippen LogP) is 2.80. The molecule has 58 valence electrons. The van der Waals surface area contributed by atoms with Crippen molar-refractivity contribution in [2.45, 2.75) is 52.0 Å². The molecule has 0 bridgehead atoms. The zero-order valence-electron chi connectivity index (χ0n) is 7.06. The Bertz CT molecular complexity index is 119. The van der Waals surface area contributed by atoms with Gasteiger partial charge in [0.25, 0.3) is 0 Å². The van der Waals surface area contributed by atoms with Crippen molar-refractivity contribution in [2.75, 3.05) is 0 Å². The van der Waals surface area contributed by atoms with Gasteiger partial charge in [0.05, 0.1) is 0 Å². The summed E-state index contributed by atoms with van der Waals surface area (Å²) in [7, 11) is 0. The van der Waals surface area contributed by atoms with E-state index in [2.05, 4.69) is 18.8 Å². The van der Waals surface area contributed by atoms with Gasteiger partial charge in [-0.25, -0.2) is 0 Å². The Hall–Kier alpha value is -0.330. The molecule has 0 N–H and O–H groups in total. The summed E-state index contributed by atoms with van der Waals surface area (Å²) in [4.78, 5) is 4.61. The minimum absolute atomic E-state index is 0.563. The van der Waals surface area contributed by atoms with Crippen LogP contribution in [-0.4, -0.2) is 11.8 Å². The fourth-order valence-corrected chi connectivity index (χ4v) is 1.32. The first-order valence-corrected chi connectivity index (χ1v) is 4.38. The highest BCUT2D eigenvalue weighted by Crippen LogP contribution is 2.15. The number of nitrogens with zero attached hydrogens (tertiary/aromatic N) is 1. The van der Waals surface area contributed by atoms with Crippen LogP contribution in [0.1, 0.15) is 46.0 Å². The summed E-state index contributed by atoms with van der Waals surface area (Å²) < 4.78 is 0. The van der Waals surface area contributed by atoms with Gasteiger partial charge in [0, 0.05) is 11.8 Å². The molecule has 1 heteroatoms. The molecule has 10 heavy (non-hydrogen) atoms. The van der Waals surface area contributed by atoms with E-state index < -0.39 is 0 Å². The predicted molar refractivity (Wildman–Crippen MR) is 45.7 cm³/mol. The SMILES string of the molecule is CCC(C)N=C1CCCC1. The van der Waals surface area contributed by atoms with E-state index in [0.717, 1.165) is 0 Å². The molecule has 0 spiro atoms. The number of rotatable bonds is 2. The van der Waals surface area contributed by atoms with Gasteiger partial charge in [0.15, 0.2) is 0 Å². The third-order valence-corrected chi connectivity index (χ3v) is 2.17. The first kappa shape index (κ1) is 7.77. The lowest BCUT2D eigenvalue weighted by molar-refractivity contribution is 0.714. The van der Waals surface area contributed by atoms with Gasteiger partial charge in [-0.1, -0.05) is 6.92 Å². The fourth-order valence-electron chi connectivity index (χ4n) is 1.32. The summed E-state index contributed by atoms with van der Waals surface area (Å²) in [5.74, 6) is 0. The molecule has 0 aromatic heterocycles. The largest absolute Gasteiger partial charge is 0.291 e. The van der Waals surface area contributed by atoms with Gasteiger partial charge in [-0.15, -0.1) is 0 Å². The highest BCUT2D eigenvalue weighted by molar-refractivity contribution is 5.86. The molecule has 1 rings (SSSR count). The van der Waals surface area contributed by atoms with Crippen LogP contribution in [0, 0.1) is 0 Å². The van der Waals surface area contributed by atoms with E-state index in [0.29, 0.717) is 6.04 Å². The molecular weight excluding hydrogens is 122 g/mol. The molecule has 0 aliphatic heterocycles. The Labute approximate surface area is 63.5 Å². The summed E-state index contributed by atoms with van der Waals surface area (Å²) in [6, 6.07) is 0.563. The maximum atomic E-state index is 4.61. The minimum atomic E-state index is 0.563. The molecule has 0 saturated heterocycles. The van der Waals surface area contributed by atoms with Gasteiger partial charge in [-0.2, -0.15) is 0 Å². The smallest absolute Gasteiger partial charge is 0.0468 e. The second-order valence-corrected chi connectivity index (χ2v) is 3.16. The van der Waals surface area contributed by atoms with E-state index in [-0.39, 0.29) is 0 Å². The highest BCUT2D eigenvalue weighted by Gasteiger charge is 2.08. The molecule has 1 saturated carbocycles. The molecule has 0 aromatic carbocycles. The zero-order valence-corrected chi connectivity index (χ0v) is 7.06. The van der Waals surface area contributed by atoms with Crippen LogP contribution >= 0.6 is 0 Å². The van der Waals surface area contributed by atoms with E-state index in [9.17, 15) is 0 Å². The topological polar surface area (TPSA) is 12.4 Å². The second kappa shape index (κ2) is 3.75. The quantitative estimate of drug-likeness (QED) is 0.558. The van der Waals surface area contributed by atoms with Crippen molar-refractivity contribution >= 4 is 5.71 Å². The van der Waals surface area contributed by atoms with Crippen molar-refractivity contribution in [1.82, 2.24) is 0 Å². The average molecular weight is 139 g/mol. The highest BCUT2D eigenvalue weighted by atomic mass is 14.8. The monoisotopic (exact) mass is 139 g/mol. The molecule has 1 unspecified atom stereocenters. The van der Waals surface area contributed by atoms with Gasteiger partial charge in [0.1, 0.15) is 0 Å².